The highest BCUT2D eigenvalue weighted by atomic mass is 35.5. The highest BCUT2D eigenvalue weighted by Gasteiger charge is 2.43. The first kappa shape index (κ1) is 25.4. The number of ether oxygens (including phenoxy) is 2. The Labute approximate surface area is 221 Å². The van der Waals surface area contributed by atoms with Gasteiger partial charge in [-0.15, -0.1) is 0 Å². The summed E-state index contributed by atoms with van der Waals surface area (Å²) >= 11 is 6.33. The molecule has 8 heteroatoms. The number of carbonyl (C=O) groups excluding carboxylic acids is 1. The molecule has 1 amide bonds. The normalized spacial score (nSPS) is 23.1. The molecular formula is C29H31ClN2O5. The third kappa shape index (κ3) is 5.54. The smallest absolute Gasteiger partial charge is 0.416 e. The van der Waals surface area contributed by atoms with Crippen molar-refractivity contribution in [3.8, 4) is 11.5 Å². The van der Waals surface area contributed by atoms with Crippen molar-refractivity contribution < 1.29 is 24.5 Å². The number of allylic oxidation sites excluding steroid dienone is 2. The maximum Gasteiger partial charge on any atom is 0.416 e. The number of aliphatic hydroxyl groups excluding tert-OH is 2. The second-order valence-electron chi connectivity index (χ2n) is 9.62. The molecule has 2 heterocycles. The molecule has 2 aliphatic heterocycles. The van der Waals surface area contributed by atoms with Gasteiger partial charge in [-0.1, -0.05) is 53.6 Å². The molecule has 0 saturated heterocycles. The first-order chi connectivity index (χ1) is 17.9. The van der Waals surface area contributed by atoms with E-state index < -0.39 is 12.2 Å². The molecule has 0 bridgehead atoms. The Balaban J connectivity index is 1.41. The van der Waals surface area contributed by atoms with Gasteiger partial charge in [0.15, 0.2) is 0 Å². The summed E-state index contributed by atoms with van der Waals surface area (Å²) in [5.74, 6) is 1.32. The van der Waals surface area contributed by atoms with Crippen molar-refractivity contribution in [3.05, 3.63) is 94.2 Å². The molecule has 0 saturated carbocycles. The average Bonchev–Trinajstić information content (AvgIpc) is 3.27. The Hall–Kier alpha value is -3.26. The zero-order valence-electron chi connectivity index (χ0n) is 20.6. The van der Waals surface area contributed by atoms with Gasteiger partial charge < -0.3 is 25.0 Å². The highest BCUT2D eigenvalue weighted by Crippen LogP contribution is 2.45. The standard InChI is InChI=1S/C29H31ClN2O5/c1-18-2-7-23(8-3-18)37-29(35)32-14-12-24-25-16-20(30)6-11-26(25)31-27(24)28(32)19-4-9-22(10-5-19)36-15-13-21(34)17-33/h2-11,16,21,25-26,28,31,33-34H,12-15,17H2,1H3/t21-,25?,26?,28-/m0/s1. The van der Waals surface area contributed by atoms with Gasteiger partial charge in [-0.3, -0.25) is 4.90 Å². The maximum absolute atomic E-state index is 13.4. The van der Waals surface area contributed by atoms with E-state index in [0.717, 1.165) is 28.3 Å². The molecule has 37 heavy (non-hydrogen) atoms. The van der Waals surface area contributed by atoms with Crippen LogP contribution in [0.5, 0.6) is 11.5 Å². The van der Waals surface area contributed by atoms with Crippen LogP contribution in [0.1, 0.15) is 30.0 Å². The molecule has 4 atom stereocenters. The van der Waals surface area contributed by atoms with Crippen LogP contribution in [-0.4, -0.2) is 53.1 Å². The molecule has 0 spiro atoms. The number of hydrogen-bond donors (Lipinski definition) is 3. The number of rotatable bonds is 7. The number of amides is 1. The van der Waals surface area contributed by atoms with Crippen LogP contribution < -0.4 is 14.8 Å². The molecule has 3 aliphatic rings. The molecule has 5 rings (SSSR count). The van der Waals surface area contributed by atoms with Gasteiger partial charge in [-0.05, 0) is 54.8 Å². The minimum Gasteiger partial charge on any atom is -0.493 e. The topological polar surface area (TPSA) is 91.3 Å². The predicted octanol–water partition coefficient (Wildman–Crippen LogP) is 4.60. The number of halogens is 1. The lowest BCUT2D eigenvalue weighted by molar-refractivity contribution is 0.0754. The van der Waals surface area contributed by atoms with E-state index in [1.54, 1.807) is 17.0 Å². The SMILES string of the molecule is Cc1ccc(OC(=O)N2CCC3=C(NC4C=CC(Cl)=CC34)[C@@H]2c2ccc(OCC[C@H](O)CO)cc2)cc1. The van der Waals surface area contributed by atoms with Crippen LogP contribution in [0, 0.1) is 12.8 Å². The summed E-state index contributed by atoms with van der Waals surface area (Å²) in [5.41, 5.74) is 4.29. The minimum atomic E-state index is -0.798. The number of hydrogen-bond acceptors (Lipinski definition) is 6. The lowest BCUT2D eigenvalue weighted by Crippen LogP contribution is -2.43. The van der Waals surface area contributed by atoms with E-state index in [9.17, 15) is 9.90 Å². The number of carbonyl (C=O) groups is 1. The number of benzene rings is 2. The predicted molar refractivity (Wildman–Crippen MR) is 141 cm³/mol. The van der Waals surface area contributed by atoms with Crippen LogP contribution in [0.25, 0.3) is 0 Å². The average molecular weight is 523 g/mol. The summed E-state index contributed by atoms with van der Waals surface area (Å²) in [5, 5.41) is 22.9. The second-order valence-corrected chi connectivity index (χ2v) is 10.1. The highest BCUT2D eigenvalue weighted by molar-refractivity contribution is 6.31. The van der Waals surface area contributed by atoms with Crippen molar-refractivity contribution in [1.82, 2.24) is 10.2 Å². The van der Waals surface area contributed by atoms with Gasteiger partial charge in [0.25, 0.3) is 0 Å². The Morgan fingerprint density at radius 3 is 2.62 bits per heavy atom. The molecule has 0 fully saturated rings. The summed E-state index contributed by atoms with van der Waals surface area (Å²) in [6.07, 6.45) is 5.93. The summed E-state index contributed by atoms with van der Waals surface area (Å²) in [6, 6.07) is 14.8. The lowest BCUT2D eigenvalue weighted by Gasteiger charge is -2.37. The van der Waals surface area contributed by atoms with E-state index in [2.05, 4.69) is 17.5 Å². The van der Waals surface area contributed by atoms with Crippen LogP contribution >= 0.6 is 11.6 Å². The summed E-state index contributed by atoms with van der Waals surface area (Å²) in [4.78, 5) is 15.2. The molecule has 0 aromatic heterocycles. The van der Waals surface area contributed by atoms with Crippen LogP contribution in [0.15, 0.2) is 83.1 Å². The molecule has 7 nitrogen and oxygen atoms in total. The molecular weight excluding hydrogens is 492 g/mol. The monoisotopic (exact) mass is 522 g/mol. The third-order valence-corrected chi connectivity index (χ3v) is 7.31. The van der Waals surface area contributed by atoms with Crippen molar-refractivity contribution in [2.24, 2.45) is 5.92 Å². The fourth-order valence-corrected chi connectivity index (χ4v) is 5.30. The number of nitrogens with zero attached hydrogens (tertiary/aromatic N) is 1. The summed E-state index contributed by atoms with van der Waals surface area (Å²) in [7, 11) is 0. The van der Waals surface area contributed by atoms with Crippen molar-refractivity contribution in [3.63, 3.8) is 0 Å². The Morgan fingerprint density at radius 2 is 1.89 bits per heavy atom. The van der Waals surface area contributed by atoms with Gasteiger partial charge in [0.2, 0.25) is 0 Å². The van der Waals surface area contributed by atoms with Crippen LogP contribution in [0.3, 0.4) is 0 Å². The lowest BCUT2D eigenvalue weighted by atomic mass is 9.85. The third-order valence-electron chi connectivity index (χ3n) is 7.05. The van der Waals surface area contributed by atoms with Gasteiger partial charge in [0.1, 0.15) is 17.5 Å². The zero-order chi connectivity index (χ0) is 25.9. The van der Waals surface area contributed by atoms with Gasteiger partial charge in [-0.25, -0.2) is 4.79 Å². The van der Waals surface area contributed by atoms with Crippen molar-refractivity contribution in [2.45, 2.75) is 38.0 Å². The first-order valence-corrected chi connectivity index (χ1v) is 12.9. The first-order valence-electron chi connectivity index (χ1n) is 12.5. The quantitative estimate of drug-likeness (QED) is 0.492. The largest absolute Gasteiger partial charge is 0.493 e. The number of nitrogens with one attached hydrogen (secondary N) is 1. The van der Waals surface area contributed by atoms with Crippen molar-refractivity contribution >= 4 is 17.7 Å². The van der Waals surface area contributed by atoms with E-state index in [-0.39, 0.29) is 24.6 Å². The Morgan fingerprint density at radius 1 is 1.16 bits per heavy atom. The fourth-order valence-electron chi connectivity index (χ4n) is 5.09. The van der Waals surface area contributed by atoms with Crippen molar-refractivity contribution in [1.29, 1.82) is 0 Å². The molecule has 3 N–H and O–H groups in total. The minimum absolute atomic E-state index is 0.101. The zero-order valence-corrected chi connectivity index (χ0v) is 21.4. The van der Waals surface area contributed by atoms with E-state index in [1.807, 2.05) is 49.4 Å². The van der Waals surface area contributed by atoms with Crippen LogP contribution in [-0.2, 0) is 0 Å². The van der Waals surface area contributed by atoms with Gasteiger partial charge in [0, 0.05) is 29.6 Å². The van der Waals surface area contributed by atoms with Gasteiger partial charge >= 0.3 is 6.09 Å². The summed E-state index contributed by atoms with van der Waals surface area (Å²) < 4.78 is 11.5. The molecule has 2 unspecified atom stereocenters. The van der Waals surface area contributed by atoms with Crippen LogP contribution in [0.2, 0.25) is 0 Å². The molecule has 2 aromatic carbocycles. The van der Waals surface area contributed by atoms with Gasteiger partial charge in [-0.2, -0.15) is 0 Å². The Bertz CT molecular complexity index is 1220. The van der Waals surface area contributed by atoms with E-state index in [1.165, 1.54) is 5.57 Å². The molecule has 194 valence electrons. The van der Waals surface area contributed by atoms with Crippen molar-refractivity contribution in [2.75, 3.05) is 19.8 Å². The molecule has 1 aliphatic carbocycles. The summed E-state index contributed by atoms with van der Waals surface area (Å²) in [6.45, 7) is 2.51. The fraction of sp³-hybridized carbons (Fsp3) is 0.345. The van der Waals surface area contributed by atoms with E-state index in [0.29, 0.717) is 31.1 Å². The number of aryl methyl sites for hydroxylation is 1. The second kappa shape index (κ2) is 11.0. The number of fused-ring (bicyclic) bond motifs is 2. The molecule has 0 radical (unpaired) electrons. The van der Waals surface area contributed by atoms with E-state index >= 15 is 0 Å². The van der Waals surface area contributed by atoms with E-state index in [4.69, 9.17) is 26.2 Å². The maximum atomic E-state index is 13.4. The molecule has 2 aromatic rings. The Kier molecular flexibility index (Phi) is 7.55. The van der Waals surface area contributed by atoms with Gasteiger partial charge in [0.05, 0.1) is 25.4 Å². The van der Waals surface area contributed by atoms with Crippen LogP contribution in [0.4, 0.5) is 4.79 Å². The number of aliphatic hydroxyl groups is 2.